The first-order chi connectivity index (χ1) is 35.0. The van der Waals surface area contributed by atoms with Crippen LogP contribution in [0.3, 0.4) is 0 Å². The molecule has 0 spiro atoms. The van der Waals surface area contributed by atoms with Crippen LogP contribution in [0, 0.1) is 0 Å². The topological polar surface area (TPSA) is 177 Å². The number of imide groups is 1. The van der Waals surface area contributed by atoms with Crippen molar-refractivity contribution in [1.82, 2.24) is 30.1 Å². The zero-order valence-corrected chi connectivity index (χ0v) is 40.6. The van der Waals surface area contributed by atoms with Crippen molar-refractivity contribution in [2.24, 2.45) is 0 Å². The number of nitrogens with one attached hydrogen (secondary N) is 2. The van der Waals surface area contributed by atoms with Gasteiger partial charge in [-0.3, -0.25) is 34.3 Å². The lowest BCUT2D eigenvalue weighted by Gasteiger charge is -2.46. The number of nitrogens with zero attached hydrogens (tertiary/aromatic N) is 8. The summed E-state index contributed by atoms with van der Waals surface area (Å²) < 4.78 is 29.1. The van der Waals surface area contributed by atoms with Crippen LogP contribution in [0.2, 0.25) is 0 Å². The molecule has 0 unspecified atom stereocenters. The first-order valence-electron chi connectivity index (χ1n) is 26.1. The van der Waals surface area contributed by atoms with E-state index in [4.69, 9.17) is 18.8 Å². The summed E-state index contributed by atoms with van der Waals surface area (Å²) in [5.74, 6) is -0.301. The van der Waals surface area contributed by atoms with Crippen molar-refractivity contribution in [3.05, 3.63) is 98.6 Å². The molecule has 2 atom stereocenters. The van der Waals surface area contributed by atoms with Gasteiger partial charge in [0.15, 0.2) is 0 Å². The number of methoxy groups -OCH3 is 1. The largest absolute Gasteiger partial charge is 0.480 e. The van der Waals surface area contributed by atoms with Gasteiger partial charge in [-0.15, -0.1) is 11.3 Å². The SMILES string of the molecule is [2H]C([2H])([2H])Oc1ncc(-c2ccnc(N3CCc4c(sc5c4CCCC5)C3=O)c2C(C)(C)O)cc1Nc1ccc(N2CCN(C3CCN(c4ccc5c(c4)CN([C@H]4CCC(=O)NC4=O)C5=O)CC3)C[C@@H]2C)cn1. The Morgan fingerprint density at radius 3 is 2.44 bits per heavy atom. The Labute approximate surface area is 416 Å². The van der Waals surface area contributed by atoms with Crippen LogP contribution in [0.5, 0.6) is 5.88 Å². The average molecular weight is 968 g/mol. The van der Waals surface area contributed by atoms with E-state index < -0.39 is 24.6 Å². The smallest absolute Gasteiger partial charge is 0.269 e. The van der Waals surface area contributed by atoms with Gasteiger partial charge in [0.05, 0.1) is 33.5 Å². The molecular formula is C53H60N10O6S. The van der Waals surface area contributed by atoms with E-state index in [2.05, 4.69) is 43.3 Å². The second-order valence-electron chi connectivity index (χ2n) is 20.0. The minimum Gasteiger partial charge on any atom is -0.480 e. The third kappa shape index (κ3) is 8.44. The number of fused-ring (bicyclic) bond motifs is 4. The van der Waals surface area contributed by atoms with Crippen LogP contribution in [-0.4, -0.2) is 118 Å². The van der Waals surface area contributed by atoms with E-state index in [0.717, 1.165) is 98.6 Å². The number of amides is 4. The molecule has 5 aliphatic heterocycles. The highest BCUT2D eigenvalue weighted by atomic mass is 32.1. The van der Waals surface area contributed by atoms with Gasteiger partial charge in [0, 0.05) is 104 Å². The molecule has 11 rings (SSSR count). The maximum atomic E-state index is 14.2. The molecule has 4 amide bonds. The van der Waals surface area contributed by atoms with E-state index in [1.807, 2.05) is 30.5 Å². The molecule has 70 heavy (non-hydrogen) atoms. The highest BCUT2D eigenvalue weighted by molar-refractivity contribution is 7.14. The highest BCUT2D eigenvalue weighted by Gasteiger charge is 2.41. The summed E-state index contributed by atoms with van der Waals surface area (Å²) in [7, 11) is -2.79. The van der Waals surface area contributed by atoms with E-state index in [0.29, 0.717) is 65.9 Å². The van der Waals surface area contributed by atoms with Crippen LogP contribution in [0.4, 0.5) is 28.7 Å². The van der Waals surface area contributed by atoms with Crippen LogP contribution in [0.15, 0.2) is 61.1 Å². The Kier molecular flexibility index (Phi) is 11.2. The van der Waals surface area contributed by atoms with Gasteiger partial charge in [-0.2, -0.15) is 0 Å². The molecule has 0 bridgehead atoms. The molecule has 17 heteroatoms. The lowest BCUT2D eigenvalue weighted by molar-refractivity contribution is -0.136. The molecule has 0 radical (unpaired) electrons. The van der Waals surface area contributed by atoms with Crippen molar-refractivity contribution in [3.63, 3.8) is 0 Å². The fraction of sp³-hybridized carbons (Fsp3) is 0.453. The first kappa shape index (κ1) is 42.4. The average Bonchev–Trinajstić information content (AvgIpc) is 3.91. The van der Waals surface area contributed by atoms with E-state index in [1.54, 1.807) is 53.3 Å². The maximum absolute atomic E-state index is 14.2. The number of aromatic nitrogens is 3. The Morgan fingerprint density at radius 2 is 1.67 bits per heavy atom. The number of anilines is 5. The third-order valence-corrected chi connectivity index (χ3v) is 16.5. The molecule has 3 N–H and O–H groups in total. The van der Waals surface area contributed by atoms with Gasteiger partial charge in [0.25, 0.3) is 11.8 Å². The van der Waals surface area contributed by atoms with Crippen LogP contribution >= 0.6 is 11.3 Å². The molecule has 0 saturated carbocycles. The van der Waals surface area contributed by atoms with Gasteiger partial charge >= 0.3 is 0 Å². The number of carbonyl (C=O) groups is 4. The number of hydrogen-bond donors (Lipinski definition) is 3. The molecular weight excluding hydrogens is 905 g/mol. The van der Waals surface area contributed by atoms with Crippen molar-refractivity contribution in [2.75, 3.05) is 66.3 Å². The molecule has 6 aliphatic rings. The standard InChI is InChI=1S/C53H60N10O6S/c1-31-29-60(34-16-20-59(21-17-34)35-9-11-38-33(25-35)30-63(51(38)66)42-12-14-45(64)58-49(42)65)23-24-61(31)36-10-13-44(55-28-36)57-41-26-32(27-56-50(41)69-4)37-15-19-54-48(46(37)53(2,3)68)62-22-18-40-39-7-5-6-8-43(39)70-47(40)52(62)67/h9-11,13,15,19,25-28,31,34,42,68H,5-8,12,14,16-18,20-24,29-30H2,1-4H3,(H,55,57)(H,58,64,65)/t31-,42-/m0/s1/i4D3. The number of pyridine rings is 3. The monoisotopic (exact) mass is 967 g/mol. The number of hydrogen-bond acceptors (Lipinski definition) is 14. The Balaban J connectivity index is 0.751. The minimum atomic E-state index is -2.79. The number of piperidine rings is 2. The van der Waals surface area contributed by atoms with E-state index >= 15 is 0 Å². The summed E-state index contributed by atoms with van der Waals surface area (Å²) >= 11 is 1.60. The predicted octanol–water partition coefficient (Wildman–Crippen LogP) is 6.60. The predicted molar refractivity (Wildman–Crippen MR) is 269 cm³/mol. The number of aliphatic hydroxyl groups is 1. The molecule has 3 saturated heterocycles. The number of benzene rings is 1. The fourth-order valence-corrected chi connectivity index (χ4v) is 13.1. The third-order valence-electron chi connectivity index (χ3n) is 15.2. The van der Waals surface area contributed by atoms with Crippen LogP contribution in [0.1, 0.15) is 111 Å². The summed E-state index contributed by atoms with van der Waals surface area (Å²) in [6.45, 7) is 10.7. The van der Waals surface area contributed by atoms with Crippen molar-refractivity contribution >= 4 is 63.7 Å². The summed E-state index contributed by atoms with van der Waals surface area (Å²) in [6.07, 6.45) is 12.5. The molecule has 364 valence electrons. The van der Waals surface area contributed by atoms with Gasteiger partial charge in [0.1, 0.15) is 23.4 Å². The molecule has 1 aromatic carbocycles. The number of carbonyl (C=O) groups excluding carboxylic acids is 4. The summed E-state index contributed by atoms with van der Waals surface area (Å²) in [5, 5.41) is 17.4. The van der Waals surface area contributed by atoms with Gasteiger partial charge in [0.2, 0.25) is 17.7 Å². The molecule has 5 aromatic rings. The lowest BCUT2D eigenvalue weighted by atomic mass is 9.89. The number of rotatable bonds is 10. The zero-order valence-electron chi connectivity index (χ0n) is 42.8. The van der Waals surface area contributed by atoms with E-state index in [1.165, 1.54) is 16.6 Å². The molecule has 1 aliphatic carbocycles. The van der Waals surface area contributed by atoms with Gasteiger partial charge in [-0.1, -0.05) is 0 Å². The van der Waals surface area contributed by atoms with Crippen molar-refractivity contribution in [1.29, 1.82) is 0 Å². The second kappa shape index (κ2) is 18.4. The van der Waals surface area contributed by atoms with Crippen LogP contribution in [-0.2, 0) is 41.0 Å². The van der Waals surface area contributed by atoms with Crippen molar-refractivity contribution < 1.29 is 33.1 Å². The van der Waals surface area contributed by atoms with Crippen molar-refractivity contribution in [2.45, 2.75) is 109 Å². The Hall–Kier alpha value is -6.43. The minimum absolute atomic E-state index is 0.113. The second-order valence-corrected chi connectivity index (χ2v) is 21.1. The lowest BCUT2D eigenvalue weighted by Crippen LogP contribution is -2.57. The van der Waals surface area contributed by atoms with Gasteiger partial charge in [-0.05, 0) is 137 Å². The molecule has 16 nitrogen and oxygen atoms in total. The van der Waals surface area contributed by atoms with Crippen molar-refractivity contribution in [3.8, 4) is 17.0 Å². The van der Waals surface area contributed by atoms with Gasteiger partial charge in [-0.25, -0.2) is 15.0 Å². The highest BCUT2D eigenvalue weighted by Crippen LogP contribution is 2.43. The zero-order chi connectivity index (χ0) is 50.9. The van der Waals surface area contributed by atoms with Crippen LogP contribution < -0.4 is 30.1 Å². The summed E-state index contributed by atoms with van der Waals surface area (Å²) in [5.41, 5.74) is 6.48. The van der Waals surface area contributed by atoms with E-state index in [-0.39, 0.29) is 41.8 Å². The molecule has 3 fully saturated rings. The van der Waals surface area contributed by atoms with E-state index in [9.17, 15) is 24.3 Å². The van der Waals surface area contributed by atoms with Crippen LogP contribution in [0.25, 0.3) is 11.1 Å². The number of piperazine rings is 1. The molecule has 9 heterocycles. The quantitative estimate of drug-likeness (QED) is 0.128. The Bertz CT molecular complexity index is 3010. The summed E-state index contributed by atoms with van der Waals surface area (Å²) in [4.78, 5) is 78.4. The molecule has 4 aromatic heterocycles. The van der Waals surface area contributed by atoms with Gasteiger partial charge < -0.3 is 29.9 Å². The maximum Gasteiger partial charge on any atom is 0.269 e. The number of aryl methyl sites for hydroxylation is 1. The number of thiophene rings is 1. The first-order valence-corrected chi connectivity index (χ1v) is 25.4. The normalized spacial score (nSPS) is 22.0. The summed E-state index contributed by atoms with van der Waals surface area (Å²) in [6, 6.07) is 13.3. The number of ether oxygens (including phenoxy) is 1. The Morgan fingerprint density at radius 1 is 0.843 bits per heavy atom. The fourth-order valence-electron chi connectivity index (χ4n) is 11.7.